The monoisotopic (exact) mass is 327 g/mol. The summed E-state index contributed by atoms with van der Waals surface area (Å²) in [6.07, 6.45) is 3.12. The van der Waals surface area contributed by atoms with Crippen molar-refractivity contribution in [3.8, 4) is 11.5 Å². The third-order valence-corrected chi connectivity index (χ3v) is 4.53. The van der Waals surface area contributed by atoms with E-state index in [1.54, 1.807) is 14.2 Å². The highest BCUT2D eigenvalue weighted by Crippen LogP contribution is 2.45. The second-order valence-electron chi connectivity index (χ2n) is 5.69. The molecule has 106 valence electrons. The first-order valence-corrected chi connectivity index (χ1v) is 7.43. The Bertz CT molecular complexity index is 482. The summed E-state index contributed by atoms with van der Waals surface area (Å²) in [6.45, 7) is 4.37. The summed E-state index contributed by atoms with van der Waals surface area (Å²) in [5.74, 6) is 1.93. The third kappa shape index (κ3) is 2.90. The highest BCUT2D eigenvalue weighted by molar-refractivity contribution is 9.10. The van der Waals surface area contributed by atoms with Crippen molar-refractivity contribution in [2.45, 2.75) is 44.6 Å². The van der Waals surface area contributed by atoms with Crippen LogP contribution in [0.4, 0.5) is 0 Å². The highest BCUT2D eigenvalue weighted by atomic mass is 79.9. The lowest BCUT2D eigenvalue weighted by Crippen LogP contribution is -2.25. The van der Waals surface area contributed by atoms with Crippen LogP contribution in [0.25, 0.3) is 0 Å². The maximum absolute atomic E-state index is 6.27. The molecule has 1 aliphatic rings. The zero-order valence-corrected chi connectivity index (χ0v) is 13.6. The Balaban J connectivity index is 2.53. The maximum atomic E-state index is 6.27. The second kappa shape index (κ2) is 5.33. The molecule has 4 heteroatoms. The van der Waals surface area contributed by atoms with Gasteiger partial charge in [-0.15, -0.1) is 0 Å². The van der Waals surface area contributed by atoms with Gasteiger partial charge in [0.1, 0.15) is 0 Å². The number of hydrogen-bond donors (Lipinski definition) is 1. The van der Waals surface area contributed by atoms with Gasteiger partial charge in [-0.1, -0.05) is 13.8 Å². The first kappa shape index (κ1) is 14.7. The number of benzene rings is 1. The molecule has 1 aromatic rings. The van der Waals surface area contributed by atoms with Crippen LogP contribution in [0.5, 0.6) is 11.5 Å². The van der Waals surface area contributed by atoms with Crippen LogP contribution in [0.15, 0.2) is 10.5 Å². The van der Waals surface area contributed by atoms with E-state index in [4.69, 9.17) is 15.2 Å². The predicted molar refractivity (Wildman–Crippen MR) is 81.2 cm³/mol. The lowest BCUT2D eigenvalue weighted by molar-refractivity contribution is 0.351. The molecule has 0 aliphatic heterocycles. The first-order chi connectivity index (χ1) is 8.91. The molecule has 1 aromatic carbocycles. The fourth-order valence-electron chi connectivity index (χ4n) is 2.50. The van der Waals surface area contributed by atoms with Gasteiger partial charge in [0.05, 0.1) is 18.7 Å². The highest BCUT2D eigenvalue weighted by Gasteiger charge is 2.39. The quantitative estimate of drug-likeness (QED) is 0.898. The van der Waals surface area contributed by atoms with E-state index in [0.717, 1.165) is 35.2 Å². The van der Waals surface area contributed by atoms with Gasteiger partial charge in [-0.05, 0) is 58.3 Å². The number of ether oxygens (including phenoxy) is 2. The van der Waals surface area contributed by atoms with Gasteiger partial charge >= 0.3 is 0 Å². The number of methoxy groups -OCH3 is 2. The van der Waals surface area contributed by atoms with Gasteiger partial charge in [0.15, 0.2) is 11.5 Å². The molecule has 0 saturated heterocycles. The third-order valence-electron chi connectivity index (χ3n) is 3.75. The summed E-state index contributed by atoms with van der Waals surface area (Å²) in [4.78, 5) is 0. The largest absolute Gasteiger partial charge is 0.493 e. The van der Waals surface area contributed by atoms with Crippen molar-refractivity contribution >= 4 is 15.9 Å². The summed E-state index contributed by atoms with van der Waals surface area (Å²) in [7, 11) is 3.33. The molecule has 0 spiro atoms. The number of rotatable bonds is 5. The van der Waals surface area contributed by atoms with Crippen molar-refractivity contribution in [1.82, 2.24) is 0 Å². The Morgan fingerprint density at radius 2 is 1.95 bits per heavy atom. The molecule has 0 radical (unpaired) electrons. The summed E-state index contributed by atoms with van der Waals surface area (Å²) in [5, 5.41) is 0. The molecule has 0 unspecified atom stereocenters. The summed E-state index contributed by atoms with van der Waals surface area (Å²) in [5.41, 5.74) is 8.80. The van der Waals surface area contributed by atoms with Crippen LogP contribution in [0.2, 0.25) is 0 Å². The normalized spacial score (nSPS) is 16.6. The Morgan fingerprint density at radius 3 is 2.37 bits per heavy atom. The lowest BCUT2D eigenvalue weighted by Gasteiger charge is -2.21. The van der Waals surface area contributed by atoms with Crippen molar-refractivity contribution in [2.75, 3.05) is 14.2 Å². The molecule has 1 saturated carbocycles. The summed E-state index contributed by atoms with van der Waals surface area (Å²) < 4.78 is 11.9. The number of nitrogens with two attached hydrogens (primary N) is 1. The van der Waals surface area contributed by atoms with Crippen LogP contribution in [-0.2, 0) is 6.42 Å². The van der Waals surface area contributed by atoms with Crippen molar-refractivity contribution < 1.29 is 9.47 Å². The molecule has 19 heavy (non-hydrogen) atoms. The van der Waals surface area contributed by atoms with Crippen LogP contribution in [0.1, 0.15) is 43.7 Å². The molecular weight excluding hydrogens is 306 g/mol. The molecule has 0 aromatic heterocycles. The number of halogens is 1. The average Bonchev–Trinajstić information content (AvgIpc) is 3.05. The Morgan fingerprint density at radius 1 is 1.32 bits per heavy atom. The smallest absolute Gasteiger partial charge is 0.175 e. The zero-order chi connectivity index (χ0) is 14.2. The van der Waals surface area contributed by atoms with E-state index in [1.165, 1.54) is 11.1 Å². The molecular formula is C15H22BrNO2. The Kier molecular flexibility index (Phi) is 4.11. The minimum atomic E-state index is -0.0112. The van der Waals surface area contributed by atoms with E-state index < -0.39 is 0 Å². The predicted octanol–water partition coefficient (Wildman–Crippen LogP) is 3.62. The Hall–Kier alpha value is -0.740. The van der Waals surface area contributed by atoms with Crippen molar-refractivity contribution in [1.29, 1.82) is 0 Å². The van der Waals surface area contributed by atoms with Gasteiger partial charge in [-0.2, -0.15) is 0 Å². The lowest BCUT2D eigenvalue weighted by atomic mass is 9.91. The van der Waals surface area contributed by atoms with Crippen LogP contribution in [0, 0.1) is 0 Å². The molecule has 0 bridgehead atoms. The second-order valence-corrected chi connectivity index (χ2v) is 6.49. The van der Waals surface area contributed by atoms with Gasteiger partial charge in [-0.25, -0.2) is 0 Å². The van der Waals surface area contributed by atoms with E-state index >= 15 is 0 Å². The molecule has 3 nitrogen and oxygen atoms in total. The van der Waals surface area contributed by atoms with E-state index in [1.807, 2.05) is 0 Å². The summed E-state index contributed by atoms with van der Waals surface area (Å²) in [6, 6.07) is 2.08. The minimum Gasteiger partial charge on any atom is -0.493 e. The van der Waals surface area contributed by atoms with Crippen LogP contribution >= 0.6 is 15.9 Å². The van der Waals surface area contributed by atoms with Crippen LogP contribution in [-0.4, -0.2) is 19.8 Å². The molecule has 1 fully saturated rings. The van der Waals surface area contributed by atoms with E-state index in [-0.39, 0.29) is 5.54 Å². The van der Waals surface area contributed by atoms with E-state index in [0.29, 0.717) is 5.92 Å². The van der Waals surface area contributed by atoms with Gasteiger partial charge in [-0.3, -0.25) is 0 Å². The number of hydrogen-bond acceptors (Lipinski definition) is 3. The fraction of sp³-hybridized carbons (Fsp3) is 0.600. The van der Waals surface area contributed by atoms with Gasteiger partial charge < -0.3 is 15.2 Å². The van der Waals surface area contributed by atoms with E-state index in [2.05, 4.69) is 35.8 Å². The van der Waals surface area contributed by atoms with Crippen molar-refractivity contribution in [3.05, 3.63) is 21.7 Å². The van der Waals surface area contributed by atoms with E-state index in [9.17, 15) is 0 Å². The molecule has 0 heterocycles. The van der Waals surface area contributed by atoms with Gasteiger partial charge in [0.2, 0.25) is 0 Å². The molecule has 1 aliphatic carbocycles. The molecule has 2 N–H and O–H groups in total. The van der Waals surface area contributed by atoms with Crippen LogP contribution in [0.3, 0.4) is 0 Å². The SMILES string of the molecule is COc1cc(CC2(N)CC2)c(C(C)C)c(Br)c1OC. The standard InChI is InChI=1S/C15H22BrNO2/c1-9(2)12-10(8-15(17)5-6-15)7-11(18-3)14(19-4)13(12)16/h7,9H,5-6,8,17H2,1-4H3. The average molecular weight is 328 g/mol. The van der Waals surface area contributed by atoms with Gasteiger partial charge in [0, 0.05) is 5.54 Å². The van der Waals surface area contributed by atoms with Crippen molar-refractivity contribution in [3.63, 3.8) is 0 Å². The fourth-order valence-corrected chi connectivity index (χ4v) is 3.57. The topological polar surface area (TPSA) is 44.5 Å². The summed E-state index contributed by atoms with van der Waals surface area (Å²) >= 11 is 3.67. The molecule has 0 amide bonds. The van der Waals surface area contributed by atoms with Crippen LogP contribution < -0.4 is 15.2 Å². The minimum absolute atomic E-state index is 0.0112. The molecule has 0 atom stereocenters. The van der Waals surface area contributed by atoms with Crippen molar-refractivity contribution in [2.24, 2.45) is 5.73 Å². The maximum Gasteiger partial charge on any atom is 0.175 e. The van der Waals surface area contributed by atoms with Gasteiger partial charge in [0.25, 0.3) is 0 Å². The first-order valence-electron chi connectivity index (χ1n) is 6.64. The Labute approximate surface area is 123 Å². The molecule has 2 rings (SSSR count). The zero-order valence-electron chi connectivity index (χ0n) is 12.0.